The van der Waals surface area contributed by atoms with Gasteiger partial charge in [0.25, 0.3) is 0 Å². The van der Waals surface area contributed by atoms with Crippen LogP contribution in [0.2, 0.25) is 0 Å². The number of nitrogens with one attached hydrogen (secondary N) is 2. The Hall–Kier alpha value is -1.59. The van der Waals surface area contributed by atoms with Crippen LogP contribution in [0.3, 0.4) is 0 Å². The highest BCUT2D eigenvalue weighted by molar-refractivity contribution is 5.93. The average molecular weight is 284 g/mol. The monoisotopic (exact) mass is 284 g/mol. The van der Waals surface area contributed by atoms with Crippen LogP contribution in [0, 0.1) is 5.92 Å². The van der Waals surface area contributed by atoms with Gasteiger partial charge in [0.15, 0.2) is 0 Å². The SMILES string of the molecule is CC(C)[C@@H](NC(=O)C1CCC(=O)N1)C(=O)OC(C)(C)C. The van der Waals surface area contributed by atoms with Gasteiger partial charge in [0, 0.05) is 6.42 Å². The molecule has 0 aliphatic carbocycles. The second kappa shape index (κ2) is 6.24. The first-order chi connectivity index (χ1) is 9.10. The summed E-state index contributed by atoms with van der Waals surface area (Å²) in [7, 11) is 0. The Morgan fingerprint density at radius 2 is 1.95 bits per heavy atom. The normalized spacial score (nSPS) is 20.5. The van der Waals surface area contributed by atoms with Gasteiger partial charge in [-0.25, -0.2) is 4.79 Å². The van der Waals surface area contributed by atoms with Crippen molar-refractivity contribution in [3.63, 3.8) is 0 Å². The predicted octanol–water partition coefficient (Wildman–Crippen LogP) is 0.747. The Morgan fingerprint density at radius 3 is 2.35 bits per heavy atom. The Labute approximate surface area is 119 Å². The molecule has 1 aliphatic heterocycles. The first-order valence-corrected chi connectivity index (χ1v) is 6.93. The number of ether oxygens (including phenoxy) is 1. The standard InChI is InChI=1S/C14H24N2O4/c1-8(2)11(13(19)20-14(3,4)5)16-12(18)9-6-7-10(17)15-9/h8-9,11H,6-7H2,1-5H3,(H,15,17)(H,16,18)/t9?,11-/m1/s1. The molecule has 20 heavy (non-hydrogen) atoms. The number of amides is 2. The molecule has 2 N–H and O–H groups in total. The fraction of sp³-hybridized carbons (Fsp3) is 0.786. The van der Waals surface area contributed by atoms with Crippen LogP contribution in [0.4, 0.5) is 0 Å². The van der Waals surface area contributed by atoms with E-state index in [0.29, 0.717) is 12.8 Å². The molecular weight excluding hydrogens is 260 g/mol. The van der Waals surface area contributed by atoms with E-state index < -0.39 is 23.7 Å². The molecule has 1 heterocycles. The van der Waals surface area contributed by atoms with Gasteiger partial charge in [-0.05, 0) is 33.1 Å². The van der Waals surface area contributed by atoms with E-state index in [0.717, 1.165) is 0 Å². The van der Waals surface area contributed by atoms with Crippen LogP contribution in [0.25, 0.3) is 0 Å². The molecule has 0 saturated carbocycles. The molecule has 2 atom stereocenters. The lowest BCUT2D eigenvalue weighted by atomic mass is 10.0. The lowest BCUT2D eigenvalue weighted by Crippen LogP contribution is -2.52. The van der Waals surface area contributed by atoms with Crippen LogP contribution in [0.5, 0.6) is 0 Å². The first-order valence-electron chi connectivity index (χ1n) is 6.93. The number of hydrogen-bond donors (Lipinski definition) is 2. The Bertz CT molecular complexity index is 398. The van der Waals surface area contributed by atoms with E-state index in [2.05, 4.69) is 10.6 Å². The highest BCUT2D eigenvalue weighted by Crippen LogP contribution is 2.13. The molecule has 1 saturated heterocycles. The van der Waals surface area contributed by atoms with Crippen molar-refractivity contribution < 1.29 is 19.1 Å². The molecular formula is C14H24N2O4. The van der Waals surface area contributed by atoms with Crippen molar-refractivity contribution in [1.82, 2.24) is 10.6 Å². The van der Waals surface area contributed by atoms with Gasteiger partial charge in [0.1, 0.15) is 17.7 Å². The van der Waals surface area contributed by atoms with Crippen LogP contribution in [0.15, 0.2) is 0 Å². The highest BCUT2D eigenvalue weighted by Gasteiger charge is 2.33. The summed E-state index contributed by atoms with van der Waals surface area (Å²) in [6.07, 6.45) is 0.806. The molecule has 0 bridgehead atoms. The Morgan fingerprint density at radius 1 is 1.35 bits per heavy atom. The van der Waals surface area contributed by atoms with Gasteiger partial charge in [-0.15, -0.1) is 0 Å². The summed E-state index contributed by atoms with van der Waals surface area (Å²) in [5.41, 5.74) is -0.601. The van der Waals surface area contributed by atoms with Crippen molar-refractivity contribution in [2.45, 2.75) is 65.1 Å². The summed E-state index contributed by atoms with van der Waals surface area (Å²) in [4.78, 5) is 35.2. The van der Waals surface area contributed by atoms with E-state index >= 15 is 0 Å². The molecule has 0 aromatic rings. The molecule has 6 nitrogen and oxygen atoms in total. The summed E-state index contributed by atoms with van der Waals surface area (Å²) in [6, 6.07) is -1.26. The summed E-state index contributed by atoms with van der Waals surface area (Å²) in [6.45, 7) is 9.01. The smallest absolute Gasteiger partial charge is 0.329 e. The van der Waals surface area contributed by atoms with Gasteiger partial charge in [-0.1, -0.05) is 13.8 Å². The second-order valence-electron chi connectivity index (χ2n) is 6.42. The molecule has 1 rings (SSSR count). The molecule has 1 unspecified atom stereocenters. The van der Waals surface area contributed by atoms with Gasteiger partial charge in [0.2, 0.25) is 11.8 Å². The number of carbonyl (C=O) groups is 3. The minimum Gasteiger partial charge on any atom is -0.458 e. The van der Waals surface area contributed by atoms with Gasteiger partial charge >= 0.3 is 5.97 Å². The topological polar surface area (TPSA) is 84.5 Å². The van der Waals surface area contributed by atoms with Gasteiger partial charge in [-0.3, -0.25) is 9.59 Å². The minimum absolute atomic E-state index is 0.0918. The molecule has 0 radical (unpaired) electrons. The van der Waals surface area contributed by atoms with E-state index in [-0.39, 0.29) is 17.7 Å². The van der Waals surface area contributed by atoms with Crippen LogP contribution < -0.4 is 10.6 Å². The highest BCUT2D eigenvalue weighted by atomic mass is 16.6. The maximum absolute atomic E-state index is 12.1. The molecule has 6 heteroatoms. The van der Waals surface area contributed by atoms with E-state index in [4.69, 9.17) is 4.74 Å². The largest absolute Gasteiger partial charge is 0.458 e. The van der Waals surface area contributed by atoms with Crippen molar-refractivity contribution in [2.24, 2.45) is 5.92 Å². The van der Waals surface area contributed by atoms with Crippen molar-refractivity contribution >= 4 is 17.8 Å². The summed E-state index contributed by atoms with van der Waals surface area (Å²) >= 11 is 0. The fourth-order valence-corrected chi connectivity index (χ4v) is 1.93. The zero-order chi connectivity index (χ0) is 15.5. The number of rotatable bonds is 4. The van der Waals surface area contributed by atoms with Crippen molar-refractivity contribution in [2.75, 3.05) is 0 Å². The summed E-state index contributed by atoms with van der Waals surface area (Å²) in [5, 5.41) is 5.26. The maximum atomic E-state index is 12.1. The van der Waals surface area contributed by atoms with Crippen LogP contribution in [-0.2, 0) is 19.1 Å². The molecule has 114 valence electrons. The van der Waals surface area contributed by atoms with E-state index in [1.165, 1.54) is 0 Å². The maximum Gasteiger partial charge on any atom is 0.329 e. The Balaban J connectivity index is 2.65. The first kappa shape index (κ1) is 16.5. The van der Waals surface area contributed by atoms with E-state index in [1.54, 1.807) is 20.8 Å². The van der Waals surface area contributed by atoms with Gasteiger partial charge in [-0.2, -0.15) is 0 Å². The van der Waals surface area contributed by atoms with Gasteiger partial charge < -0.3 is 15.4 Å². The third-order valence-electron chi connectivity index (χ3n) is 2.94. The summed E-state index contributed by atoms with van der Waals surface area (Å²) < 4.78 is 5.30. The minimum atomic E-state index is -0.709. The summed E-state index contributed by atoms with van der Waals surface area (Å²) in [5.74, 6) is -1.01. The zero-order valence-corrected chi connectivity index (χ0v) is 12.8. The van der Waals surface area contributed by atoms with Crippen molar-refractivity contribution in [3.05, 3.63) is 0 Å². The number of hydrogen-bond acceptors (Lipinski definition) is 4. The van der Waals surface area contributed by atoms with E-state index in [1.807, 2.05) is 13.8 Å². The van der Waals surface area contributed by atoms with Crippen LogP contribution in [-0.4, -0.2) is 35.5 Å². The lowest BCUT2D eigenvalue weighted by Gasteiger charge is -2.27. The van der Waals surface area contributed by atoms with Crippen molar-refractivity contribution in [1.29, 1.82) is 0 Å². The Kier molecular flexibility index (Phi) is 5.14. The molecule has 2 amide bonds. The predicted molar refractivity (Wildman–Crippen MR) is 73.8 cm³/mol. The number of esters is 1. The van der Waals surface area contributed by atoms with Crippen molar-refractivity contribution in [3.8, 4) is 0 Å². The quantitative estimate of drug-likeness (QED) is 0.746. The van der Waals surface area contributed by atoms with Crippen LogP contribution in [0.1, 0.15) is 47.5 Å². The molecule has 1 fully saturated rings. The second-order valence-corrected chi connectivity index (χ2v) is 6.42. The van der Waals surface area contributed by atoms with Gasteiger partial charge in [0.05, 0.1) is 0 Å². The average Bonchev–Trinajstić information content (AvgIpc) is 2.69. The number of carbonyl (C=O) groups excluding carboxylic acids is 3. The van der Waals surface area contributed by atoms with Crippen LogP contribution >= 0.6 is 0 Å². The molecule has 1 aliphatic rings. The van der Waals surface area contributed by atoms with E-state index in [9.17, 15) is 14.4 Å². The lowest BCUT2D eigenvalue weighted by molar-refractivity contribution is -0.160. The zero-order valence-electron chi connectivity index (χ0n) is 12.8. The molecule has 0 aromatic carbocycles. The molecule has 0 aromatic heterocycles. The third kappa shape index (κ3) is 4.83. The third-order valence-corrected chi connectivity index (χ3v) is 2.94. The molecule has 0 spiro atoms. The fourth-order valence-electron chi connectivity index (χ4n) is 1.93.